The Morgan fingerprint density at radius 2 is 1.57 bits per heavy atom. The number of nitrogens with zero attached hydrogens (tertiary/aromatic N) is 2. The minimum atomic E-state index is -1.87. The SMILES string of the molecule is CCC(C)CC[Si](C)(C)O[Si](C)(C)COc1ccc(-c2ncc(C)cn2)cc1. The highest BCUT2D eigenvalue weighted by molar-refractivity contribution is 6.84. The van der Waals surface area contributed by atoms with Crippen molar-refractivity contribution in [3.05, 3.63) is 42.2 Å². The van der Waals surface area contributed by atoms with Crippen LogP contribution in [0.3, 0.4) is 0 Å². The molecule has 1 aromatic heterocycles. The maximum Gasteiger partial charge on any atom is 0.213 e. The molecule has 2 aromatic rings. The van der Waals surface area contributed by atoms with Crippen LogP contribution in [-0.4, -0.2) is 32.8 Å². The van der Waals surface area contributed by atoms with Gasteiger partial charge in [-0.25, -0.2) is 9.97 Å². The summed E-state index contributed by atoms with van der Waals surface area (Å²) < 4.78 is 12.8. The number of rotatable bonds is 10. The lowest BCUT2D eigenvalue weighted by Crippen LogP contribution is -2.48. The van der Waals surface area contributed by atoms with Crippen molar-refractivity contribution < 1.29 is 8.85 Å². The summed E-state index contributed by atoms with van der Waals surface area (Å²) in [6.07, 6.45) is 6.87. The molecule has 0 aliphatic carbocycles. The molecule has 1 heterocycles. The first kappa shape index (κ1) is 22.8. The molecule has 6 heteroatoms. The van der Waals surface area contributed by atoms with Gasteiger partial charge in [0.15, 0.2) is 14.1 Å². The molecule has 4 nitrogen and oxygen atoms in total. The number of aromatic nitrogens is 2. The van der Waals surface area contributed by atoms with Gasteiger partial charge < -0.3 is 8.85 Å². The lowest BCUT2D eigenvalue weighted by Gasteiger charge is -2.34. The molecule has 0 spiro atoms. The standard InChI is InChI=1S/C22H36N2O2Si2/c1-8-18(2)13-14-27(4,5)26-28(6,7)17-25-21-11-9-20(10-12-21)22-23-15-19(3)16-24-22/h9-12,15-16,18H,8,13-14,17H2,1-7H3. The van der Waals surface area contributed by atoms with Crippen LogP contribution in [0.25, 0.3) is 11.4 Å². The maximum absolute atomic E-state index is 6.68. The molecule has 0 aliphatic rings. The Bertz CT molecular complexity index is 731. The van der Waals surface area contributed by atoms with Crippen molar-refractivity contribution in [2.75, 3.05) is 6.23 Å². The summed E-state index contributed by atoms with van der Waals surface area (Å²) in [6, 6.07) is 9.24. The third-order valence-electron chi connectivity index (χ3n) is 4.97. The lowest BCUT2D eigenvalue weighted by molar-refractivity contribution is 0.350. The molecule has 2 rings (SSSR count). The van der Waals surface area contributed by atoms with Gasteiger partial charge in [-0.2, -0.15) is 0 Å². The molecule has 0 aliphatic heterocycles. The molecule has 0 amide bonds. The van der Waals surface area contributed by atoms with E-state index in [-0.39, 0.29) is 0 Å². The topological polar surface area (TPSA) is 44.2 Å². The lowest BCUT2D eigenvalue weighted by atomic mass is 10.1. The van der Waals surface area contributed by atoms with E-state index in [9.17, 15) is 0 Å². The molecule has 0 radical (unpaired) electrons. The summed E-state index contributed by atoms with van der Waals surface area (Å²) in [5.41, 5.74) is 2.06. The van der Waals surface area contributed by atoms with Crippen LogP contribution in [0.5, 0.6) is 5.75 Å². The highest BCUT2D eigenvalue weighted by Gasteiger charge is 2.33. The summed E-state index contributed by atoms with van der Waals surface area (Å²) in [4.78, 5) is 8.76. The Balaban J connectivity index is 1.90. The first-order chi connectivity index (χ1) is 13.1. The minimum absolute atomic E-state index is 0.674. The van der Waals surface area contributed by atoms with Gasteiger partial charge in [-0.05, 0) is 74.9 Å². The van der Waals surface area contributed by atoms with E-state index in [4.69, 9.17) is 8.85 Å². The van der Waals surface area contributed by atoms with E-state index in [2.05, 4.69) is 50.0 Å². The fraction of sp³-hybridized carbons (Fsp3) is 0.545. The highest BCUT2D eigenvalue weighted by atomic mass is 28.4. The Morgan fingerprint density at radius 3 is 2.14 bits per heavy atom. The molecule has 0 bridgehead atoms. The van der Waals surface area contributed by atoms with Gasteiger partial charge in [-0.15, -0.1) is 0 Å². The molecule has 1 aromatic carbocycles. The predicted octanol–water partition coefficient (Wildman–Crippen LogP) is 6.23. The van der Waals surface area contributed by atoms with Crippen LogP contribution in [0, 0.1) is 12.8 Å². The van der Waals surface area contributed by atoms with Crippen molar-refractivity contribution in [3.63, 3.8) is 0 Å². The van der Waals surface area contributed by atoms with E-state index in [0.29, 0.717) is 6.23 Å². The van der Waals surface area contributed by atoms with Gasteiger partial charge >= 0.3 is 0 Å². The van der Waals surface area contributed by atoms with Gasteiger partial charge in [-0.3, -0.25) is 0 Å². The Morgan fingerprint density at radius 1 is 0.964 bits per heavy atom. The summed E-state index contributed by atoms with van der Waals surface area (Å²) in [6.45, 7) is 15.8. The van der Waals surface area contributed by atoms with Crippen molar-refractivity contribution in [1.29, 1.82) is 0 Å². The Kier molecular flexibility index (Phi) is 7.98. The molecule has 154 valence electrons. The molecule has 0 N–H and O–H groups in total. The number of benzene rings is 1. The zero-order valence-corrected chi connectivity index (χ0v) is 20.6. The Labute approximate surface area is 173 Å². The number of aryl methyl sites for hydroxylation is 1. The van der Waals surface area contributed by atoms with Crippen molar-refractivity contribution >= 4 is 16.6 Å². The molecule has 1 atom stereocenters. The second kappa shape index (κ2) is 9.81. The second-order valence-corrected chi connectivity index (χ2v) is 17.7. The number of ether oxygens (including phenoxy) is 1. The van der Waals surface area contributed by atoms with Crippen LogP contribution in [0.15, 0.2) is 36.7 Å². The van der Waals surface area contributed by atoms with Crippen LogP contribution in [-0.2, 0) is 4.12 Å². The van der Waals surface area contributed by atoms with E-state index in [1.807, 2.05) is 43.6 Å². The van der Waals surface area contributed by atoms with Crippen LogP contribution < -0.4 is 4.74 Å². The van der Waals surface area contributed by atoms with Crippen LogP contribution in [0.1, 0.15) is 32.3 Å². The molecule has 0 saturated carbocycles. The van der Waals surface area contributed by atoms with E-state index in [1.165, 1.54) is 18.9 Å². The van der Waals surface area contributed by atoms with Crippen LogP contribution in [0.4, 0.5) is 0 Å². The maximum atomic E-state index is 6.68. The van der Waals surface area contributed by atoms with Crippen molar-refractivity contribution in [2.24, 2.45) is 5.92 Å². The van der Waals surface area contributed by atoms with Gasteiger partial charge in [0.25, 0.3) is 0 Å². The van der Waals surface area contributed by atoms with Crippen LogP contribution in [0.2, 0.25) is 32.2 Å². The average molecular weight is 417 g/mol. The molecular weight excluding hydrogens is 380 g/mol. The summed E-state index contributed by atoms with van der Waals surface area (Å²) in [7, 11) is -3.52. The largest absolute Gasteiger partial charge is 0.494 e. The van der Waals surface area contributed by atoms with E-state index >= 15 is 0 Å². The minimum Gasteiger partial charge on any atom is -0.494 e. The third-order valence-corrected chi connectivity index (χ3v) is 11.7. The van der Waals surface area contributed by atoms with Crippen molar-refractivity contribution in [2.45, 2.75) is 65.8 Å². The normalized spacial score (nSPS) is 13.4. The Hall–Kier alpha value is -1.51. The third kappa shape index (κ3) is 7.49. The smallest absolute Gasteiger partial charge is 0.213 e. The zero-order valence-electron chi connectivity index (χ0n) is 18.6. The number of hydrogen-bond donors (Lipinski definition) is 0. The number of hydrogen-bond acceptors (Lipinski definition) is 4. The van der Waals surface area contributed by atoms with Gasteiger partial charge in [0.1, 0.15) is 12.0 Å². The van der Waals surface area contributed by atoms with Crippen molar-refractivity contribution in [3.8, 4) is 17.1 Å². The average Bonchev–Trinajstić information content (AvgIpc) is 2.65. The molecule has 28 heavy (non-hydrogen) atoms. The highest BCUT2D eigenvalue weighted by Crippen LogP contribution is 2.25. The summed E-state index contributed by atoms with van der Waals surface area (Å²) >= 11 is 0. The predicted molar refractivity (Wildman–Crippen MR) is 123 cm³/mol. The van der Waals surface area contributed by atoms with E-state index < -0.39 is 16.6 Å². The summed E-state index contributed by atoms with van der Waals surface area (Å²) in [5.74, 6) is 2.40. The van der Waals surface area contributed by atoms with Gasteiger partial charge in [0.2, 0.25) is 8.32 Å². The fourth-order valence-corrected chi connectivity index (χ4v) is 11.5. The first-order valence-corrected chi connectivity index (χ1v) is 16.6. The molecule has 1 unspecified atom stereocenters. The monoisotopic (exact) mass is 416 g/mol. The van der Waals surface area contributed by atoms with Crippen molar-refractivity contribution in [1.82, 2.24) is 9.97 Å². The van der Waals surface area contributed by atoms with E-state index in [1.54, 1.807) is 0 Å². The van der Waals surface area contributed by atoms with Gasteiger partial charge in [-0.1, -0.05) is 26.7 Å². The molecule has 0 fully saturated rings. The molecule has 0 saturated heterocycles. The fourth-order valence-electron chi connectivity index (χ4n) is 3.13. The molecular formula is C22H36N2O2Si2. The zero-order chi connectivity index (χ0) is 20.8. The first-order valence-electron chi connectivity index (χ1n) is 10.3. The second-order valence-electron chi connectivity index (χ2n) is 9.07. The summed E-state index contributed by atoms with van der Waals surface area (Å²) in [5, 5.41) is 0. The van der Waals surface area contributed by atoms with E-state index in [0.717, 1.165) is 28.6 Å². The van der Waals surface area contributed by atoms with Crippen LogP contribution >= 0.6 is 0 Å². The van der Waals surface area contributed by atoms with Gasteiger partial charge in [0.05, 0.1) is 0 Å². The van der Waals surface area contributed by atoms with Gasteiger partial charge in [0, 0.05) is 18.0 Å². The quantitative estimate of drug-likeness (QED) is 0.430.